The van der Waals surface area contributed by atoms with Crippen LogP contribution in [-0.4, -0.2) is 22.3 Å². The van der Waals surface area contributed by atoms with Crippen molar-refractivity contribution in [3.05, 3.63) is 29.8 Å². The molecule has 5 nitrogen and oxygen atoms in total. The smallest absolute Gasteiger partial charge is 0.328 e. The molecule has 1 heterocycles. The van der Waals surface area contributed by atoms with E-state index >= 15 is 0 Å². The molecule has 1 aliphatic rings. The van der Waals surface area contributed by atoms with Crippen molar-refractivity contribution >= 4 is 44.0 Å². The fraction of sp³-hybridized carbons (Fsp3) is 0.100. The van der Waals surface area contributed by atoms with Gasteiger partial charge < -0.3 is 5.32 Å². The summed E-state index contributed by atoms with van der Waals surface area (Å²) in [4.78, 5) is 34.8. The first-order valence-electron chi connectivity index (χ1n) is 4.50. The van der Waals surface area contributed by atoms with E-state index in [1.807, 2.05) is 0 Å². The van der Waals surface area contributed by atoms with E-state index in [9.17, 15) is 14.4 Å². The van der Waals surface area contributed by atoms with Crippen LogP contribution in [0.25, 0.3) is 0 Å². The predicted octanol–water partition coefficient (Wildman–Crippen LogP) is 1.32. The van der Waals surface area contributed by atoms with Gasteiger partial charge in [-0.1, -0.05) is 0 Å². The molecule has 1 aromatic rings. The molecule has 0 bridgehead atoms. The van der Waals surface area contributed by atoms with Crippen molar-refractivity contribution in [1.29, 1.82) is 0 Å². The minimum Gasteiger partial charge on any atom is -0.328 e. The summed E-state index contributed by atoms with van der Waals surface area (Å²) in [5, 5.41) is 2.42. The molecular weight excluding hydrogens is 323 g/mol. The summed E-state index contributed by atoms with van der Waals surface area (Å²) in [5.74, 6) is -0.293. The number of nitrogens with zero attached hydrogens (tertiary/aromatic N) is 1. The maximum absolute atomic E-state index is 11.4. The van der Waals surface area contributed by atoms with Crippen LogP contribution in [0.5, 0.6) is 0 Å². The maximum atomic E-state index is 11.4. The zero-order chi connectivity index (χ0) is 11.7. The van der Waals surface area contributed by atoms with Crippen LogP contribution in [0.1, 0.15) is 10.4 Å². The molecule has 82 valence electrons. The van der Waals surface area contributed by atoms with Crippen molar-refractivity contribution in [3.8, 4) is 0 Å². The quantitative estimate of drug-likeness (QED) is 0.505. The summed E-state index contributed by atoms with van der Waals surface area (Å²) in [5.41, 5.74) is 1.01. The molecule has 0 saturated carbocycles. The highest BCUT2D eigenvalue weighted by Gasteiger charge is 2.29. The summed E-state index contributed by atoms with van der Waals surface area (Å²) in [7, 11) is 0. The van der Waals surface area contributed by atoms with Crippen LogP contribution in [0.15, 0.2) is 24.3 Å². The van der Waals surface area contributed by atoms with Gasteiger partial charge in [-0.3, -0.25) is 9.59 Å². The highest BCUT2D eigenvalue weighted by atomic mass is 127. The zero-order valence-electron chi connectivity index (χ0n) is 8.07. The van der Waals surface area contributed by atoms with Gasteiger partial charge in [0.15, 0.2) is 0 Å². The van der Waals surface area contributed by atoms with E-state index in [2.05, 4.69) is 5.32 Å². The lowest BCUT2D eigenvalue weighted by Crippen LogP contribution is -2.30. The van der Waals surface area contributed by atoms with Crippen LogP contribution in [0, 0.1) is 0 Å². The van der Waals surface area contributed by atoms with Gasteiger partial charge in [-0.05, 0) is 24.3 Å². The fourth-order valence-corrected chi connectivity index (χ4v) is 1.78. The Morgan fingerprint density at radius 3 is 2.31 bits per heavy atom. The van der Waals surface area contributed by atoms with Crippen molar-refractivity contribution < 1.29 is 14.4 Å². The van der Waals surface area contributed by atoms with Crippen molar-refractivity contribution in [2.45, 2.75) is 0 Å². The van der Waals surface area contributed by atoms with Crippen molar-refractivity contribution in [3.63, 3.8) is 0 Å². The second-order valence-corrected chi connectivity index (χ2v) is 4.19. The van der Waals surface area contributed by atoms with E-state index in [-0.39, 0.29) is 16.2 Å². The van der Waals surface area contributed by atoms with Crippen molar-refractivity contribution in [2.24, 2.45) is 0 Å². The van der Waals surface area contributed by atoms with E-state index in [1.165, 1.54) is 0 Å². The second-order valence-electron chi connectivity index (χ2n) is 3.21. The Morgan fingerprint density at radius 2 is 1.88 bits per heavy atom. The number of halogens is 1. The number of hydrogen-bond acceptors (Lipinski definition) is 3. The number of amides is 3. The lowest BCUT2D eigenvalue weighted by atomic mass is 10.2. The molecule has 1 fully saturated rings. The van der Waals surface area contributed by atoms with Gasteiger partial charge in [0.05, 0.1) is 12.2 Å². The molecule has 0 unspecified atom stereocenters. The average Bonchev–Trinajstić information content (AvgIpc) is 2.59. The highest BCUT2D eigenvalue weighted by molar-refractivity contribution is 14.1. The number of nitrogens with one attached hydrogen (secondary N) is 1. The van der Waals surface area contributed by atoms with Crippen LogP contribution in [0.2, 0.25) is 0 Å². The SMILES string of the molecule is O=C(I)c1ccc(N2C(=O)CNC2=O)cc1. The van der Waals surface area contributed by atoms with E-state index in [0.717, 1.165) is 4.90 Å². The van der Waals surface area contributed by atoms with Crippen molar-refractivity contribution in [1.82, 2.24) is 5.32 Å². The molecular formula is C10H7IN2O3. The van der Waals surface area contributed by atoms with Gasteiger partial charge in [0.25, 0.3) is 5.91 Å². The van der Waals surface area contributed by atoms with Crippen molar-refractivity contribution in [2.75, 3.05) is 11.4 Å². The first kappa shape index (κ1) is 11.1. The fourth-order valence-electron chi connectivity index (χ4n) is 1.43. The third-order valence-corrected chi connectivity index (χ3v) is 2.82. The summed E-state index contributed by atoms with van der Waals surface area (Å²) in [6.45, 7) is 0.0196. The summed E-state index contributed by atoms with van der Waals surface area (Å²) in [6, 6.07) is 5.90. The molecule has 0 spiro atoms. The number of hydrogen-bond donors (Lipinski definition) is 1. The Kier molecular flexibility index (Phi) is 2.90. The standard InChI is InChI=1S/C10H7IN2O3/c11-9(15)6-1-3-7(4-2-6)13-8(14)5-12-10(13)16/h1-4H,5H2,(H,12,16). The number of anilines is 1. The lowest BCUT2D eigenvalue weighted by Gasteiger charge is -2.11. The lowest BCUT2D eigenvalue weighted by molar-refractivity contribution is -0.115. The number of carbonyl (C=O) groups is 3. The molecule has 0 atom stereocenters. The molecule has 1 saturated heterocycles. The molecule has 0 radical (unpaired) electrons. The normalized spacial score (nSPS) is 15.2. The highest BCUT2D eigenvalue weighted by Crippen LogP contribution is 2.19. The van der Waals surface area contributed by atoms with Gasteiger partial charge in [-0.15, -0.1) is 0 Å². The molecule has 3 amide bonds. The molecule has 1 aromatic carbocycles. The largest absolute Gasteiger partial charge is 0.329 e. The van der Waals surface area contributed by atoms with Gasteiger partial charge in [-0.2, -0.15) is 0 Å². The molecule has 6 heteroatoms. The van der Waals surface area contributed by atoms with E-state index in [0.29, 0.717) is 11.3 Å². The van der Waals surface area contributed by atoms with Gasteiger partial charge in [0.1, 0.15) is 0 Å². The number of imide groups is 1. The number of benzene rings is 1. The monoisotopic (exact) mass is 330 g/mol. The Bertz CT molecular complexity index is 453. The molecule has 0 aliphatic carbocycles. The van der Waals surface area contributed by atoms with Crippen LogP contribution in [0.4, 0.5) is 10.5 Å². The number of rotatable bonds is 2. The van der Waals surface area contributed by atoms with Gasteiger partial charge in [-0.25, -0.2) is 9.69 Å². The molecule has 0 aromatic heterocycles. The summed E-state index contributed by atoms with van der Waals surface area (Å²) < 4.78 is -0.0821. The Hall–Kier alpha value is -1.44. The average molecular weight is 330 g/mol. The first-order chi connectivity index (χ1) is 7.59. The summed E-state index contributed by atoms with van der Waals surface area (Å²) >= 11 is 1.68. The summed E-state index contributed by atoms with van der Waals surface area (Å²) in [6.07, 6.45) is 0. The van der Waals surface area contributed by atoms with Gasteiger partial charge in [0, 0.05) is 28.2 Å². The molecule has 2 rings (SSSR count). The minimum atomic E-state index is -0.432. The molecule has 1 N–H and O–H groups in total. The second kappa shape index (κ2) is 4.20. The maximum Gasteiger partial charge on any atom is 0.329 e. The first-order valence-corrected chi connectivity index (χ1v) is 5.58. The molecule has 16 heavy (non-hydrogen) atoms. The van der Waals surface area contributed by atoms with Crippen LogP contribution >= 0.6 is 22.6 Å². The molecule has 1 aliphatic heterocycles. The third kappa shape index (κ3) is 1.92. The Morgan fingerprint density at radius 1 is 1.25 bits per heavy atom. The van der Waals surface area contributed by atoms with E-state index in [4.69, 9.17) is 0 Å². The van der Waals surface area contributed by atoms with E-state index < -0.39 is 6.03 Å². The number of carbonyl (C=O) groups excluding carboxylic acids is 3. The third-order valence-electron chi connectivity index (χ3n) is 2.20. The van der Waals surface area contributed by atoms with Gasteiger partial charge >= 0.3 is 6.03 Å². The Balaban J connectivity index is 2.31. The van der Waals surface area contributed by atoms with E-state index in [1.54, 1.807) is 46.9 Å². The topological polar surface area (TPSA) is 66.5 Å². The van der Waals surface area contributed by atoms with Crippen LogP contribution in [-0.2, 0) is 4.79 Å². The van der Waals surface area contributed by atoms with Crippen LogP contribution in [0.3, 0.4) is 0 Å². The predicted molar refractivity (Wildman–Crippen MR) is 65.7 cm³/mol. The van der Waals surface area contributed by atoms with Crippen LogP contribution < -0.4 is 10.2 Å². The number of urea groups is 1. The Labute approximate surface area is 105 Å². The zero-order valence-corrected chi connectivity index (χ0v) is 10.2. The minimum absolute atomic E-state index is 0.0196. The van der Waals surface area contributed by atoms with Gasteiger partial charge in [0.2, 0.25) is 3.79 Å².